The molecule has 140 valence electrons. The zero-order valence-corrected chi connectivity index (χ0v) is 16.7. The third-order valence-corrected chi connectivity index (χ3v) is 5.46. The summed E-state index contributed by atoms with van der Waals surface area (Å²) < 4.78 is 0. The number of hydrogen-bond donors (Lipinski definition) is 2. The number of anilines is 1. The van der Waals surface area contributed by atoms with E-state index in [1.54, 1.807) is 24.9 Å². The number of aromatic nitrogens is 1. The number of nitrogens with one attached hydrogen (secondary N) is 2. The van der Waals surface area contributed by atoms with Gasteiger partial charge < -0.3 is 15.2 Å². The largest absolute Gasteiger partial charge is 0.358 e. The van der Waals surface area contributed by atoms with Crippen LogP contribution in [-0.4, -0.2) is 41.5 Å². The summed E-state index contributed by atoms with van der Waals surface area (Å²) in [4.78, 5) is 30.9. The fourth-order valence-corrected chi connectivity index (χ4v) is 3.59. The standard InChI is InChI=1S/C21H23N3O2S/c1-13-14(2)22-17-10-9-15(11-16(13)17)21(26)24(3)12-20(25)23-18-7-5-6-8-19(18)27-4/h5-11,22H,12H2,1-4H3,(H,23,25). The van der Waals surface area contributed by atoms with Gasteiger partial charge in [-0.3, -0.25) is 9.59 Å². The highest BCUT2D eigenvalue weighted by molar-refractivity contribution is 7.98. The molecule has 0 aliphatic heterocycles. The van der Waals surface area contributed by atoms with E-state index >= 15 is 0 Å². The number of carbonyl (C=O) groups excluding carboxylic acids is 2. The average Bonchev–Trinajstić information content (AvgIpc) is 2.95. The second kappa shape index (κ2) is 7.88. The Morgan fingerprint density at radius 2 is 1.89 bits per heavy atom. The first-order valence-electron chi connectivity index (χ1n) is 8.68. The average molecular weight is 382 g/mol. The minimum atomic E-state index is -0.220. The second-order valence-corrected chi connectivity index (χ2v) is 7.39. The van der Waals surface area contributed by atoms with E-state index in [9.17, 15) is 9.59 Å². The van der Waals surface area contributed by atoms with Gasteiger partial charge in [0.1, 0.15) is 0 Å². The summed E-state index contributed by atoms with van der Waals surface area (Å²) >= 11 is 1.57. The maximum Gasteiger partial charge on any atom is 0.254 e. The summed E-state index contributed by atoms with van der Waals surface area (Å²) in [5.41, 5.74) is 4.57. The fourth-order valence-electron chi connectivity index (χ4n) is 3.04. The van der Waals surface area contributed by atoms with Crippen molar-refractivity contribution in [2.45, 2.75) is 18.7 Å². The summed E-state index contributed by atoms with van der Waals surface area (Å²) in [6.07, 6.45) is 1.96. The first-order valence-corrected chi connectivity index (χ1v) is 9.90. The Morgan fingerprint density at radius 3 is 2.63 bits per heavy atom. The van der Waals surface area contributed by atoms with Crippen molar-refractivity contribution in [1.82, 2.24) is 9.88 Å². The first kappa shape index (κ1) is 19.0. The van der Waals surface area contributed by atoms with Gasteiger partial charge in [0.25, 0.3) is 5.91 Å². The van der Waals surface area contributed by atoms with Crippen LogP contribution in [0.15, 0.2) is 47.4 Å². The van der Waals surface area contributed by atoms with Gasteiger partial charge in [0.15, 0.2) is 0 Å². The van der Waals surface area contributed by atoms with Crippen LogP contribution in [0.1, 0.15) is 21.6 Å². The lowest BCUT2D eigenvalue weighted by atomic mass is 10.1. The SMILES string of the molecule is CSc1ccccc1NC(=O)CN(C)C(=O)c1ccc2[nH]c(C)c(C)c2c1. The van der Waals surface area contributed by atoms with Crippen molar-refractivity contribution in [3.05, 3.63) is 59.3 Å². The molecule has 2 aromatic carbocycles. The van der Waals surface area contributed by atoms with Crippen molar-refractivity contribution in [3.8, 4) is 0 Å². The van der Waals surface area contributed by atoms with Crippen molar-refractivity contribution < 1.29 is 9.59 Å². The van der Waals surface area contributed by atoms with E-state index in [1.807, 2.05) is 56.5 Å². The van der Waals surface area contributed by atoms with Gasteiger partial charge in [-0.05, 0) is 56.0 Å². The Kier molecular flexibility index (Phi) is 5.56. The third-order valence-electron chi connectivity index (χ3n) is 4.66. The number of nitrogens with zero attached hydrogens (tertiary/aromatic N) is 1. The van der Waals surface area contributed by atoms with Crippen LogP contribution in [-0.2, 0) is 4.79 Å². The number of amides is 2. The van der Waals surface area contributed by atoms with Crippen LogP contribution in [0.25, 0.3) is 10.9 Å². The predicted molar refractivity (Wildman–Crippen MR) is 112 cm³/mol. The van der Waals surface area contributed by atoms with E-state index in [0.717, 1.165) is 32.7 Å². The van der Waals surface area contributed by atoms with Crippen molar-refractivity contribution in [2.24, 2.45) is 0 Å². The van der Waals surface area contributed by atoms with E-state index in [2.05, 4.69) is 10.3 Å². The van der Waals surface area contributed by atoms with Gasteiger partial charge in [0.2, 0.25) is 5.91 Å². The number of aryl methyl sites for hydroxylation is 2. The van der Waals surface area contributed by atoms with E-state index in [4.69, 9.17) is 0 Å². The molecule has 0 fully saturated rings. The Hall–Kier alpha value is -2.73. The number of hydrogen-bond acceptors (Lipinski definition) is 3. The molecule has 3 aromatic rings. The van der Waals surface area contributed by atoms with Crippen LogP contribution in [0.4, 0.5) is 5.69 Å². The summed E-state index contributed by atoms with van der Waals surface area (Å²) in [6, 6.07) is 13.2. The smallest absolute Gasteiger partial charge is 0.254 e. The molecule has 0 atom stereocenters. The molecule has 2 N–H and O–H groups in total. The van der Waals surface area contributed by atoms with Crippen LogP contribution in [0.2, 0.25) is 0 Å². The van der Waals surface area contributed by atoms with Gasteiger partial charge in [-0.2, -0.15) is 0 Å². The second-order valence-electron chi connectivity index (χ2n) is 6.55. The number of rotatable bonds is 5. The maximum absolute atomic E-state index is 12.7. The number of aromatic amines is 1. The van der Waals surface area contributed by atoms with E-state index in [0.29, 0.717) is 5.56 Å². The quantitative estimate of drug-likeness (QED) is 0.651. The molecule has 6 heteroatoms. The van der Waals surface area contributed by atoms with Crippen LogP contribution in [0, 0.1) is 13.8 Å². The van der Waals surface area contributed by atoms with Gasteiger partial charge in [0.05, 0.1) is 12.2 Å². The molecule has 0 saturated carbocycles. The highest BCUT2D eigenvalue weighted by atomic mass is 32.2. The number of benzene rings is 2. The number of para-hydroxylation sites is 1. The molecule has 27 heavy (non-hydrogen) atoms. The maximum atomic E-state index is 12.7. The van der Waals surface area contributed by atoms with Gasteiger partial charge >= 0.3 is 0 Å². The summed E-state index contributed by atoms with van der Waals surface area (Å²) in [5.74, 6) is -0.398. The van der Waals surface area contributed by atoms with Gasteiger partial charge in [-0.25, -0.2) is 0 Å². The van der Waals surface area contributed by atoms with Gasteiger partial charge in [0, 0.05) is 34.1 Å². The zero-order valence-electron chi connectivity index (χ0n) is 15.9. The fraction of sp³-hybridized carbons (Fsp3) is 0.238. The molecule has 5 nitrogen and oxygen atoms in total. The lowest BCUT2D eigenvalue weighted by Gasteiger charge is -2.17. The van der Waals surface area contributed by atoms with Crippen molar-refractivity contribution in [2.75, 3.05) is 25.2 Å². The molecule has 0 bridgehead atoms. The highest BCUT2D eigenvalue weighted by Gasteiger charge is 2.17. The molecule has 1 heterocycles. The molecule has 2 amide bonds. The highest BCUT2D eigenvalue weighted by Crippen LogP contribution is 2.25. The molecular weight excluding hydrogens is 358 g/mol. The van der Waals surface area contributed by atoms with Gasteiger partial charge in [-0.15, -0.1) is 11.8 Å². The van der Waals surface area contributed by atoms with Crippen molar-refractivity contribution >= 4 is 40.2 Å². The summed E-state index contributed by atoms with van der Waals surface area (Å²) in [6.45, 7) is 4.03. The van der Waals surface area contributed by atoms with Crippen molar-refractivity contribution in [1.29, 1.82) is 0 Å². The molecule has 3 rings (SSSR count). The molecule has 0 aliphatic carbocycles. The van der Waals surface area contributed by atoms with Crippen LogP contribution in [0.3, 0.4) is 0 Å². The normalized spacial score (nSPS) is 10.8. The van der Waals surface area contributed by atoms with Crippen LogP contribution >= 0.6 is 11.8 Å². The van der Waals surface area contributed by atoms with Gasteiger partial charge in [-0.1, -0.05) is 12.1 Å². The Labute approximate surface area is 163 Å². The molecule has 0 saturated heterocycles. The monoisotopic (exact) mass is 381 g/mol. The molecule has 1 aromatic heterocycles. The van der Waals surface area contributed by atoms with Crippen molar-refractivity contribution in [3.63, 3.8) is 0 Å². The summed E-state index contributed by atoms with van der Waals surface area (Å²) in [5, 5.41) is 3.91. The third kappa shape index (κ3) is 4.01. The Bertz CT molecular complexity index is 1010. The first-order chi connectivity index (χ1) is 12.9. The van der Waals surface area contributed by atoms with E-state index in [-0.39, 0.29) is 18.4 Å². The topological polar surface area (TPSA) is 65.2 Å². The lowest BCUT2D eigenvalue weighted by Crippen LogP contribution is -2.35. The van der Waals surface area contributed by atoms with Crippen LogP contribution < -0.4 is 5.32 Å². The molecular formula is C21H23N3O2S. The van der Waals surface area contributed by atoms with E-state index in [1.165, 1.54) is 4.90 Å². The number of carbonyl (C=O) groups is 2. The lowest BCUT2D eigenvalue weighted by molar-refractivity contribution is -0.116. The molecule has 0 radical (unpaired) electrons. The number of fused-ring (bicyclic) bond motifs is 1. The minimum absolute atomic E-state index is 0.00919. The summed E-state index contributed by atoms with van der Waals surface area (Å²) in [7, 11) is 1.64. The Morgan fingerprint density at radius 1 is 1.15 bits per heavy atom. The number of likely N-dealkylation sites (N-methyl/N-ethyl adjacent to an activating group) is 1. The molecule has 0 aliphatic rings. The Balaban J connectivity index is 1.72. The molecule has 0 spiro atoms. The number of H-pyrrole nitrogens is 1. The zero-order chi connectivity index (χ0) is 19.6. The molecule has 0 unspecified atom stereocenters. The minimum Gasteiger partial charge on any atom is -0.358 e. The van der Waals surface area contributed by atoms with Crippen LogP contribution in [0.5, 0.6) is 0 Å². The number of thioether (sulfide) groups is 1. The predicted octanol–water partition coefficient (Wildman–Crippen LogP) is 4.22. The van der Waals surface area contributed by atoms with E-state index < -0.39 is 0 Å².